The number of aromatic nitrogens is 2. The minimum Gasteiger partial charge on any atom is -0.281 e. The fourth-order valence-electron chi connectivity index (χ4n) is 0.854. The predicted octanol–water partition coefficient (Wildman–Crippen LogP) is -1.20. The van der Waals surface area contributed by atoms with E-state index in [1.165, 1.54) is 12.3 Å². The van der Waals surface area contributed by atoms with Crippen LogP contribution in [0.15, 0.2) is 21.9 Å². The van der Waals surface area contributed by atoms with Gasteiger partial charge in [0.05, 0.1) is 5.69 Å². The molecule has 2 aliphatic heterocycles. The third kappa shape index (κ3) is 1.13. The molecule has 0 aromatic rings. The Morgan fingerprint density at radius 1 is 1.27 bits per heavy atom. The molecule has 0 aliphatic carbocycles. The smallest absolute Gasteiger partial charge is 0.281 e. The number of nitrogens with zero attached hydrogens (tertiary/aromatic N) is 2. The van der Waals surface area contributed by atoms with Gasteiger partial charge in [0.25, 0.3) is 5.43 Å². The van der Waals surface area contributed by atoms with Crippen molar-refractivity contribution in [2.24, 2.45) is 0 Å². The van der Waals surface area contributed by atoms with Crippen LogP contribution < -0.4 is 11.0 Å². The van der Waals surface area contributed by atoms with E-state index in [4.69, 9.17) is 0 Å². The summed E-state index contributed by atoms with van der Waals surface area (Å²) in [7, 11) is 0. The van der Waals surface area contributed by atoms with Gasteiger partial charge in [-0.25, -0.2) is 4.98 Å². The van der Waals surface area contributed by atoms with E-state index in [1.807, 2.05) is 0 Å². The van der Waals surface area contributed by atoms with Crippen molar-refractivity contribution in [1.82, 2.24) is 9.97 Å². The first-order chi connectivity index (χ1) is 4.79. The van der Waals surface area contributed by atoms with E-state index in [2.05, 4.69) is 9.97 Å². The van der Waals surface area contributed by atoms with Gasteiger partial charge >= 0.3 is 5.56 Å². The molecular weight excluding hydrogens is 155 g/mol. The molecule has 4 nitrogen and oxygen atoms in total. The molecule has 0 bridgehead atoms. The molecular formula is C6H2N2NaO2. The van der Waals surface area contributed by atoms with E-state index in [9.17, 15) is 9.59 Å². The van der Waals surface area contributed by atoms with Gasteiger partial charge in [-0.3, -0.25) is 14.6 Å². The molecule has 0 spiro atoms. The molecule has 49 valence electrons. The van der Waals surface area contributed by atoms with Crippen molar-refractivity contribution < 1.29 is 0 Å². The van der Waals surface area contributed by atoms with Crippen LogP contribution in [-0.4, -0.2) is 39.5 Å². The van der Waals surface area contributed by atoms with Crippen LogP contribution in [0.1, 0.15) is 0 Å². The zero-order valence-corrected chi connectivity index (χ0v) is 7.87. The van der Waals surface area contributed by atoms with Crippen molar-refractivity contribution >= 4 is 29.6 Å². The van der Waals surface area contributed by atoms with Gasteiger partial charge in [0, 0.05) is 35.8 Å². The molecule has 0 saturated heterocycles. The molecule has 2 aliphatic rings. The molecule has 0 amide bonds. The van der Waals surface area contributed by atoms with Crippen molar-refractivity contribution in [2.75, 3.05) is 0 Å². The molecule has 0 unspecified atom stereocenters. The summed E-state index contributed by atoms with van der Waals surface area (Å²) in [6.45, 7) is 0. The SMILES string of the molecule is O=c1nc2ccnc-2c1=O.[Na]. The standard InChI is InChI=1S/C6H2N2O2.Na/c9-5-4-3(1-2-7-4)8-6(5)10;/h1-2H;. The van der Waals surface area contributed by atoms with Gasteiger partial charge in [-0.1, -0.05) is 0 Å². The van der Waals surface area contributed by atoms with Crippen molar-refractivity contribution in [3.63, 3.8) is 0 Å². The second kappa shape index (κ2) is 2.81. The molecule has 0 saturated carbocycles. The first-order valence-electron chi connectivity index (χ1n) is 2.71. The molecule has 0 fully saturated rings. The summed E-state index contributed by atoms with van der Waals surface area (Å²) in [6, 6.07) is 1.54. The topological polar surface area (TPSA) is 59.9 Å². The van der Waals surface area contributed by atoms with Crippen LogP contribution in [0.5, 0.6) is 0 Å². The third-order valence-electron chi connectivity index (χ3n) is 1.31. The Bertz CT molecular complexity index is 419. The molecule has 1 radical (unpaired) electrons. The van der Waals surface area contributed by atoms with Gasteiger partial charge in [0.15, 0.2) is 0 Å². The maximum absolute atomic E-state index is 10.8. The summed E-state index contributed by atoms with van der Waals surface area (Å²) in [5.41, 5.74) is -0.724. The summed E-state index contributed by atoms with van der Waals surface area (Å²) >= 11 is 0. The van der Waals surface area contributed by atoms with Crippen LogP contribution in [0.3, 0.4) is 0 Å². The molecule has 0 aromatic heterocycles. The summed E-state index contributed by atoms with van der Waals surface area (Å²) in [5, 5.41) is 0. The molecule has 0 N–H and O–H groups in total. The van der Waals surface area contributed by atoms with Gasteiger partial charge in [0.2, 0.25) is 0 Å². The maximum atomic E-state index is 10.8. The fourth-order valence-corrected chi connectivity index (χ4v) is 0.854. The molecule has 11 heavy (non-hydrogen) atoms. The molecule has 2 rings (SSSR count). The van der Waals surface area contributed by atoms with E-state index >= 15 is 0 Å². The van der Waals surface area contributed by atoms with E-state index in [1.54, 1.807) is 0 Å². The van der Waals surface area contributed by atoms with Crippen LogP contribution in [-0.2, 0) is 0 Å². The Kier molecular flexibility index (Phi) is 2.17. The Labute approximate surface area is 83.6 Å². The largest absolute Gasteiger partial charge is 0.320 e. The van der Waals surface area contributed by atoms with Crippen LogP contribution in [0, 0.1) is 0 Å². The monoisotopic (exact) mass is 157 g/mol. The summed E-state index contributed by atoms with van der Waals surface area (Å²) in [4.78, 5) is 28.4. The molecule has 2 heterocycles. The van der Waals surface area contributed by atoms with E-state index < -0.39 is 11.0 Å². The Morgan fingerprint density at radius 3 is 2.64 bits per heavy atom. The Balaban J connectivity index is 0.000000605. The first-order valence-corrected chi connectivity index (χ1v) is 2.71. The number of hydrogen-bond acceptors (Lipinski definition) is 4. The van der Waals surface area contributed by atoms with Crippen molar-refractivity contribution in [3.8, 4) is 11.4 Å². The van der Waals surface area contributed by atoms with Gasteiger partial charge in [-0.05, 0) is 6.07 Å². The van der Waals surface area contributed by atoms with E-state index in [-0.39, 0.29) is 35.3 Å². The minimum absolute atomic E-state index is 0. The van der Waals surface area contributed by atoms with Gasteiger partial charge in [0.1, 0.15) is 5.69 Å². The van der Waals surface area contributed by atoms with Crippen LogP contribution in [0.25, 0.3) is 11.4 Å². The number of hydrogen-bond donors (Lipinski definition) is 0. The summed E-state index contributed by atoms with van der Waals surface area (Å²) < 4.78 is 0. The number of fused-ring (bicyclic) bond motifs is 1. The van der Waals surface area contributed by atoms with Crippen LogP contribution in [0.4, 0.5) is 0 Å². The van der Waals surface area contributed by atoms with Crippen molar-refractivity contribution in [3.05, 3.63) is 32.8 Å². The quantitative estimate of drug-likeness (QED) is 0.356. The average Bonchev–Trinajstić information content (AvgIpc) is 2.41. The van der Waals surface area contributed by atoms with E-state index in [0.29, 0.717) is 5.69 Å². The molecule has 0 aromatic carbocycles. The minimum atomic E-state index is -0.710. The first kappa shape index (κ1) is 8.52. The second-order valence-corrected chi connectivity index (χ2v) is 1.92. The summed E-state index contributed by atoms with van der Waals surface area (Å²) in [5.74, 6) is 0. The van der Waals surface area contributed by atoms with Crippen LogP contribution in [0.2, 0.25) is 0 Å². The maximum Gasteiger partial charge on any atom is 0.320 e. The normalized spacial score (nSPS) is 9.82. The Hall–Kier alpha value is -0.580. The van der Waals surface area contributed by atoms with Gasteiger partial charge < -0.3 is 0 Å². The predicted molar refractivity (Wildman–Crippen MR) is 39.3 cm³/mol. The van der Waals surface area contributed by atoms with E-state index in [0.717, 1.165) is 0 Å². The fraction of sp³-hybridized carbons (Fsp3) is 0. The van der Waals surface area contributed by atoms with Crippen molar-refractivity contribution in [2.45, 2.75) is 0 Å². The third-order valence-corrected chi connectivity index (χ3v) is 1.31. The Morgan fingerprint density at radius 2 is 2.00 bits per heavy atom. The molecule has 5 heteroatoms. The zero-order valence-electron chi connectivity index (χ0n) is 5.87. The average molecular weight is 157 g/mol. The zero-order chi connectivity index (χ0) is 7.14. The second-order valence-electron chi connectivity index (χ2n) is 1.92. The van der Waals surface area contributed by atoms with Gasteiger partial charge in [-0.2, -0.15) is 0 Å². The van der Waals surface area contributed by atoms with Gasteiger partial charge in [-0.15, -0.1) is 0 Å². The van der Waals surface area contributed by atoms with Crippen LogP contribution >= 0.6 is 0 Å². The molecule has 0 atom stereocenters. The van der Waals surface area contributed by atoms with Crippen molar-refractivity contribution in [1.29, 1.82) is 0 Å². The summed E-state index contributed by atoms with van der Waals surface area (Å²) in [6.07, 6.45) is 1.46. The number of rotatable bonds is 0.